The van der Waals surface area contributed by atoms with Crippen LogP contribution in [-0.2, 0) is 25.5 Å². The summed E-state index contributed by atoms with van der Waals surface area (Å²) in [6, 6.07) is 3.67. The number of hydrogen-bond acceptors (Lipinski definition) is 7. The molecular formula is C16H18N2O6S2. The summed E-state index contributed by atoms with van der Waals surface area (Å²) in [5.74, 6) is -1.88. The molecular weight excluding hydrogens is 380 g/mol. The highest BCUT2D eigenvalue weighted by Crippen LogP contribution is 2.46. The Balaban J connectivity index is 1.85. The number of aliphatic carboxylic acids is 1. The van der Waals surface area contributed by atoms with Crippen LogP contribution in [0.2, 0.25) is 0 Å². The first-order valence-electron chi connectivity index (χ1n) is 7.78. The molecule has 140 valence electrons. The Kier molecular flexibility index (Phi) is 5.37. The molecule has 0 saturated carbocycles. The van der Waals surface area contributed by atoms with E-state index < -0.39 is 29.4 Å². The van der Waals surface area contributed by atoms with E-state index in [0.717, 1.165) is 9.78 Å². The molecule has 10 heteroatoms. The second kappa shape index (κ2) is 7.39. The number of fused-ring (bicyclic) bond motifs is 1. The highest BCUT2D eigenvalue weighted by Gasteiger charge is 2.65. The molecule has 3 N–H and O–H groups in total. The highest BCUT2D eigenvalue weighted by atomic mass is 32.2. The van der Waals surface area contributed by atoms with Gasteiger partial charge in [0.05, 0.1) is 19.6 Å². The van der Waals surface area contributed by atoms with Crippen molar-refractivity contribution >= 4 is 40.9 Å². The summed E-state index contributed by atoms with van der Waals surface area (Å²) in [6.07, 6.45) is 0.136. The maximum atomic E-state index is 12.9. The van der Waals surface area contributed by atoms with Gasteiger partial charge in [0.1, 0.15) is 11.1 Å². The van der Waals surface area contributed by atoms with Gasteiger partial charge in [0, 0.05) is 17.7 Å². The van der Waals surface area contributed by atoms with Gasteiger partial charge in [0.15, 0.2) is 5.54 Å². The van der Waals surface area contributed by atoms with E-state index >= 15 is 0 Å². The minimum absolute atomic E-state index is 0.0580. The number of nitrogens with one attached hydrogen (secondary N) is 1. The van der Waals surface area contributed by atoms with Gasteiger partial charge in [-0.25, -0.2) is 4.79 Å². The second-order valence-corrected chi connectivity index (χ2v) is 8.06. The molecule has 2 amide bonds. The molecule has 1 aromatic heterocycles. The third kappa shape index (κ3) is 3.02. The van der Waals surface area contributed by atoms with E-state index in [9.17, 15) is 24.6 Å². The van der Waals surface area contributed by atoms with E-state index in [1.54, 1.807) is 0 Å². The minimum Gasteiger partial charge on any atom is -0.477 e. The summed E-state index contributed by atoms with van der Waals surface area (Å²) in [4.78, 5) is 38.9. The lowest BCUT2D eigenvalue weighted by Gasteiger charge is -2.56. The first kappa shape index (κ1) is 18.9. The van der Waals surface area contributed by atoms with E-state index in [1.807, 2.05) is 17.5 Å². The summed E-state index contributed by atoms with van der Waals surface area (Å²) in [6.45, 7) is -0.495. The van der Waals surface area contributed by atoms with Crippen LogP contribution in [0.5, 0.6) is 0 Å². The Bertz CT molecular complexity index is 763. The average Bonchev–Trinajstić information content (AvgIpc) is 3.12. The number of aliphatic hydroxyl groups is 1. The SMILES string of the molecule is COC[C@@]1(NC(=O)Cc2cccs2)C(=O)N2C(C(=O)O)=C(CO)CS[C@H]21. The molecule has 1 fully saturated rings. The number of carboxylic acid groups (broad SMARTS) is 1. The van der Waals surface area contributed by atoms with Gasteiger partial charge in [-0.05, 0) is 17.0 Å². The van der Waals surface area contributed by atoms with Gasteiger partial charge in [-0.1, -0.05) is 6.07 Å². The number of thioether (sulfide) groups is 1. The monoisotopic (exact) mass is 398 g/mol. The number of aliphatic hydroxyl groups excluding tert-OH is 1. The Labute approximate surface area is 157 Å². The van der Waals surface area contributed by atoms with Crippen LogP contribution in [0.3, 0.4) is 0 Å². The predicted octanol–water partition coefficient (Wildman–Crippen LogP) is 0.0381. The van der Waals surface area contributed by atoms with Crippen molar-refractivity contribution in [1.82, 2.24) is 10.2 Å². The van der Waals surface area contributed by atoms with E-state index in [2.05, 4.69) is 5.32 Å². The number of methoxy groups -OCH3 is 1. The van der Waals surface area contributed by atoms with E-state index in [4.69, 9.17) is 4.74 Å². The van der Waals surface area contributed by atoms with Crippen molar-refractivity contribution in [2.24, 2.45) is 0 Å². The number of ether oxygens (including phenoxy) is 1. The largest absolute Gasteiger partial charge is 0.477 e. The van der Waals surface area contributed by atoms with Gasteiger partial charge < -0.3 is 20.3 Å². The molecule has 0 aliphatic carbocycles. The van der Waals surface area contributed by atoms with Crippen LogP contribution in [0.15, 0.2) is 28.8 Å². The van der Waals surface area contributed by atoms with Gasteiger partial charge in [0.25, 0.3) is 5.91 Å². The number of nitrogens with zero attached hydrogens (tertiary/aromatic N) is 1. The molecule has 0 bridgehead atoms. The summed E-state index contributed by atoms with van der Waals surface area (Å²) in [7, 11) is 1.42. The van der Waals surface area contributed by atoms with Crippen LogP contribution in [0, 0.1) is 0 Å². The highest BCUT2D eigenvalue weighted by molar-refractivity contribution is 8.00. The molecule has 0 unspecified atom stereocenters. The fraction of sp³-hybridized carbons (Fsp3) is 0.438. The number of carbonyl (C=O) groups is 3. The fourth-order valence-electron chi connectivity index (χ4n) is 3.19. The standard InChI is InChI=1S/C16H18N2O6S2/c1-24-8-16(17-11(20)5-10-3-2-4-25-10)14(23)18-12(13(21)22)9(6-19)7-26-15(16)18/h2-4,15,19H,5-8H2,1H3,(H,17,20)(H,21,22)/t15-,16+/m0/s1. The van der Waals surface area contributed by atoms with Crippen LogP contribution < -0.4 is 5.32 Å². The van der Waals surface area contributed by atoms with Crippen LogP contribution in [0.1, 0.15) is 4.88 Å². The van der Waals surface area contributed by atoms with Crippen molar-refractivity contribution in [3.8, 4) is 0 Å². The summed E-state index contributed by atoms with van der Waals surface area (Å²) in [5.41, 5.74) is -1.24. The molecule has 26 heavy (non-hydrogen) atoms. The number of carbonyl (C=O) groups excluding carboxylic acids is 2. The third-order valence-corrected chi connectivity index (χ3v) is 6.61. The van der Waals surface area contributed by atoms with Crippen molar-refractivity contribution in [1.29, 1.82) is 0 Å². The van der Waals surface area contributed by atoms with Crippen molar-refractivity contribution in [2.75, 3.05) is 26.1 Å². The zero-order valence-corrected chi connectivity index (χ0v) is 15.6. The minimum atomic E-state index is -1.31. The Morgan fingerprint density at radius 2 is 2.27 bits per heavy atom. The fourth-order valence-corrected chi connectivity index (χ4v) is 5.34. The number of hydrogen-bond donors (Lipinski definition) is 3. The van der Waals surface area contributed by atoms with Gasteiger partial charge >= 0.3 is 5.97 Å². The lowest BCUT2D eigenvalue weighted by atomic mass is 9.86. The number of β-lactam (4-membered cyclic amide) rings is 1. The maximum absolute atomic E-state index is 12.9. The zero-order valence-electron chi connectivity index (χ0n) is 13.9. The summed E-state index contributed by atoms with van der Waals surface area (Å²) in [5, 5.41) is 22.9. The molecule has 8 nitrogen and oxygen atoms in total. The van der Waals surface area contributed by atoms with Crippen molar-refractivity contribution in [2.45, 2.75) is 17.3 Å². The number of amides is 2. The Morgan fingerprint density at radius 3 is 2.85 bits per heavy atom. The van der Waals surface area contributed by atoms with E-state index in [0.29, 0.717) is 0 Å². The molecule has 2 atom stereocenters. The average molecular weight is 398 g/mol. The lowest BCUT2D eigenvalue weighted by molar-refractivity contribution is -0.163. The molecule has 3 rings (SSSR count). The topological polar surface area (TPSA) is 116 Å². The van der Waals surface area contributed by atoms with Crippen LogP contribution in [-0.4, -0.2) is 69.9 Å². The molecule has 0 aromatic carbocycles. The van der Waals surface area contributed by atoms with E-state index in [-0.39, 0.29) is 36.0 Å². The third-order valence-electron chi connectivity index (χ3n) is 4.29. The zero-order chi connectivity index (χ0) is 18.9. The normalized spacial score (nSPS) is 24.9. The summed E-state index contributed by atoms with van der Waals surface area (Å²) < 4.78 is 5.17. The number of rotatable bonds is 7. The number of carboxylic acids is 1. The smallest absolute Gasteiger partial charge is 0.352 e. The van der Waals surface area contributed by atoms with E-state index in [1.165, 1.54) is 30.2 Å². The van der Waals surface area contributed by atoms with Crippen molar-refractivity contribution in [3.63, 3.8) is 0 Å². The molecule has 0 radical (unpaired) electrons. The lowest BCUT2D eigenvalue weighted by Crippen LogP contribution is -2.81. The molecule has 2 aliphatic rings. The second-order valence-electron chi connectivity index (χ2n) is 5.96. The van der Waals surface area contributed by atoms with Crippen LogP contribution >= 0.6 is 23.1 Å². The quantitative estimate of drug-likeness (QED) is 0.555. The van der Waals surface area contributed by atoms with Crippen molar-refractivity contribution < 1.29 is 29.3 Å². The van der Waals surface area contributed by atoms with Gasteiger partial charge in [-0.2, -0.15) is 0 Å². The Hall–Kier alpha value is -1.88. The molecule has 1 aromatic rings. The van der Waals surface area contributed by atoms with Crippen molar-refractivity contribution in [3.05, 3.63) is 33.7 Å². The molecule has 0 spiro atoms. The van der Waals surface area contributed by atoms with Gasteiger partial charge in [-0.3, -0.25) is 14.5 Å². The predicted molar refractivity (Wildman–Crippen MR) is 95.6 cm³/mol. The van der Waals surface area contributed by atoms with Gasteiger partial charge in [0.2, 0.25) is 5.91 Å². The van der Waals surface area contributed by atoms with Crippen LogP contribution in [0.4, 0.5) is 0 Å². The Morgan fingerprint density at radius 1 is 1.50 bits per heavy atom. The molecule has 1 saturated heterocycles. The van der Waals surface area contributed by atoms with Crippen LogP contribution in [0.25, 0.3) is 0 Å². The number of thiophene rings is 1. The summed E-state index contributed by atoms with van der Waals surface area (Å²) >= 11 is 2.74. The first-order valence-corrected chi connectivity index (χ1v) is 9.71. The molecule has 3 heterocycles. The maximum Gasteiger partial charge on any atom is 0.352 e. The van der Waals surface area contributed by atoms with Gasteiger partial charge in [-0.15, -0.1) is 23.1 Å². The molecule has 2 aliphatic heterocycles. The first-order chi connectivity index (χ1) is 12.4.